The summed E-state index contributed by atoms with van der Waals surface area (Å²) < 4.78 is 5.30. The van der Waals surface area contributed by atoms with Crippen LogP contribution in [0.25, 0.3) is 5.76 Å². The van der Waals surface area contributed by atoms with Gasteiger partial charge in [-0.3, -0.25) is 9.59 Å². The molecule has 0 aliphatic carbocycles. The van der Waals surface area contributed by atoms with E-state index < -0.39 is 17.7 Å². The molecule has 5 nitrogen and oxygen atoms in total. The van der Waals surface area contributed by atoms with E-state index in [1.54, 1.807) is 36.4 Å². The van der Waals surface area contributed by atoms with Gasteiger partial charge >= 0.3 is 0 Å². The number of carbonyl (C=O) groups is 2. The van der Waals surface area contributed by atoms with E-state index in [4.69, 9.17) is 16.3 Å². The SMILES string of the molecule is COc1ccc(C)cc1/C(O)=C1\C(=O)C(=O)N(C)C1c1cccc(Cl)c1. The second-order valence-electron chi connectivity index (χ2n) is 6.17. The van der Waals surface area contributed by atoms with E-state index in [0.29, 0.717) is 21.9 Å². The zero-order valence-electron chi connectivity index (χ0n) is 14.6. The smallest absolute Gasteiger partial charge is 0.295 e. The molecular weight excluding hydrogens is 354 g/mol. The maximum atomic E-state index is 12.6. The van der Waals surface area contributed by atoms with Gasteiger partial charge in [-0.05, 0) is 36.8 Å². The van der Waals surface area contributed by atoms with Crippen LogP contribution < -0.4 is 4.74 Å². The van der Waals surface area contributed by atoms with Crippen molar-refractivity contribution in [2.75, 3.05) is 14.2 Å². The molecule has 2 aromatic carbocycles. The Bertz CT molecular complexity index is 935. The number of benzene rings is 2. The van der Waals surface area contributed by atoms with Crippen LogP contribution in [0.5, 0.6) is 5.75 Å². The molecule has 2 aromatic rings. The highest BCUT2D eigenvalue weighted by atomic mass is 35.5. The predicted molar refractivity (Wildman–Crippen MR) is 99.2 cm³/mol. The molecule has 0 saturated carbocycles. The molecule has 0 spiro atoms. The van der Waals surface area contributed by atoms with Crippen LogP contribution in [0.15, 0.2) is 48.0 Å². The van der Waals surface area contributed by atoms with E-state index in [1.807, 2.05) is 13.0 Å². The van der Waals surface area contributed by atoms with Crippen molar-refractivity contribution in [1.82, 2.24) is 4.90 Å². The highest BCUT2D eigenvalue weighted by Gasteiger charge is 2.44. The number of Topliss-reactive ketones (excluding diaryl/α,β-unsaturated/α-hetero) is 1. The minimum Gasteiger partial charge on any atom is -0.507 e. The lowest BCUT2D eigenvalue weighted by atomic mass is 9.94. The second kappa shape index (κ2) is 6.84. The molecule has 26 heavy (non-hydrogen) atoms. The predicted octanol–water partition coefficient (Wildman–Crippen LogP) is 3.71. The van der Waals surface area contributed by atoms with Crippen LogP contribution in [0, 0.1) is 6.92 Å². The van der Waals surface area contributed by atoms with E-state index >= 15 is 0 Å². The topological polar surface area (TPSA) is 66.8 Å². The molecule has 1 aliphatic rings. The largest absolute Gasteiger partial charge is 0.507 e. The molecule has 1 aliphatic heterocycles. The number of halogens is 1. The number of aliphatic hydroxyl groups is 1. The molecule has 1 atom stereocenters. The number of aryl methyl sites for hydroxylation is 1. The van der Waals surface area contributed by atoms with Crippen LogP contribution in [0.2, 0.25) is 5.02 Å². The molecule has 1 heterocycles. The number of hydrogen-bond acceptors (Lipinski definition) is 4. The second-order valence-corrected chi connectivity index (χ2v) is 6.61. The molecule has 0 radical (unpaired) electrons. The molecule has 1 fully saturated rings. The lowest BCUT2D eigenvalue weighted by Crippen LogP contribution is -2.24. The lowest BCUT2D eigenvalue weighted by molar-refractivity contribution is -0.139. The average Bonchev–Trinajstić information content (AvgIpc) is 2.85. The number of nitrogens with zero attached hydrogens (tertiary/aromatic N) is 1. The van der Waals surface area contributed by atoms with Crippen molar-refractivity contribution in [2.45, 2.75) is 13.0 Å². The summed E-state index contributed by atoms with van der Waals surface area (Å²) in [5.74, 6) is -1.26. The van der Waals surface area contributed by atoms with Gasteiger partial charge in [0.15, 0.2) is 0 Å². The van der Waals surface area contributed by atoms with E-state index in [1.165, 1.54) is 19.1 Å². The number of aliphatic hydroxyl groups excluding tert-OH is 1. The van der Waals surface area contributed by atoms with Gasteiger partial charge in [0.25, 0.3) is 11.7 Å². The van der Waals surface area contributed by atoms with Crippen molar-refractivity contribution >= 4 is 29.1 Å². The molecule has 1 N–H and O–H groups in total. The van der Waals surface area contributed by atoms with Crippen LogP contribution in [-0.4, -0.2) is 35.9 Å². The third-order valence-electron chi connectivity index (χ3n) is 4.45. The van der Waals surface area contributed by atoms with Gasteiger partial charge in [0.1, 0.15) is 11.5 Å². The zero-order valence-corrected chi connectivity index (χ0v) is 15.4. The number of likely N-dealkylation sites (tertiary alicyclic amines) is 1. The molecule has 1 saturated heterocycles. The van der Waals surface area contributed by atoms with Gasteiger partial charge in [0.05, 0.1) is 24.3 Å². The fraction of sp³-hybridized carbons (Fsp3) is 0.200. The summed E-state index contributed by atoms with van der Waals surface area (Å²) in [6.07, 6.45) is 0. The van der Waals surface area contributed by atoms with Gasteiger partial charge in [-0.15, -0.1) is 0 Å². The summed E-state index contributed by atoms with van der Waals surface area (Å²) in [5.41, 5.74) is 1.92. The van der Waals surface area contributed by atoms with Crippen LogP contribution in [0.4, 0.5) is 0 Å². The molecule has 1 amide bonds. The molecule has 0 aromatic heterocycles. The van der Waals surface area contributed by atoms with Crippen molar-refractivity contribution in [1.29, 1.82) is 0 Å². The molecular formula is C20H18ClNO4. The fourth-order valence-electron chi connectivity index (χ4n) is 3.17. The van der Waals surface area contributed by atoms with E-state index in [0.717, 1.165) is 5.56 Å². The van der Waals surface area contributed by atoms with E-state index in [2.05, 4.69) is 0 Å². The first-order valence-electron chi connectivity index (χ1n) is 8.00. The molecule has 1 unspecified atom stereocenters. The maximum Gasteiger partial charge on any atom is 0.295 e. The average molecular weight is 372 g/mol. The van der Waals surface area contributed by atoms with Crippen LogP contribution in [0.3, 0.4) is 0 Å². The number of hydrogen-bond donors (Lipinski definition) is 1. The van der Waals surface area contributed by atoms with E-state index in [9.17, 15) is 14.7 Å². The number of carbonyl (C=O) groups excluding carboxylic acids is 2. The Labute approximate surface area is 156 Å². The minimum atomic E-state index is -0.737. The Morgan fingerprint density at radius 2 is 1.92 bits per heavy atom. The Morgan fingerprint density at radius 3 is 2.58 bits per heavy atom. The minimum absolute atomic E-state index is 0.0173. The quantitative estimate of drug-likeness (QED) is 0.507. The Balaban J connectivity index is 2.25. The van der Waals surface area contributed by atoms with Crippen molar-refractivity contribution in [3.63, 3.8) is 0 Å². The summed E-state index contributed by atoms with van der Waals surface area (Å²) in [7, 11) is 3.01. The first kappa shape index (κ1) is 18.0. The Morgan fingerprint density at radius 1 is 1.19 bits per heavy atom. The lowest BCUT2D eigenvalue weighted by Gasteiger charge is -2.21. The molecule has 0 bridgehead atoms. The van der Waals surface area contributed by atoms with Crippen molar-refractivity contribution < 1.29 is 19.4 Å². The molecule has 134 valence electrons. The van der Waals surface area contributed by atoms with Crippen molar-refractivity contribution in [3.05, 3.63) is 69.8 Å². The number of likely N-dealkylation sites (N-methyl/N-ethyl adjacent to an activating group) is 1. The zero-order chi connectivity index (χ0) is 19.0. The number of rotatable bonds is 3. The van der Waals surface area contributed by atoms with Gasteiger partial charge in [-0.1, -0.05) is 35.4 Å². The third-order valence-corrected chi connectivity index (χ3v) is 4.68. The normalized spacial score (nSPS) is 19.1. The standard InChI is InChI=1S/C20H18ClNO4/c1-11-7-8-15(26-3)14(9-11)18(23)16-17(22(2)20(25)19(16)24)12-5-4-6-13(21)10-12/h4-10,17,23H,1-3H3/b18-16+. The summed E-state index contributed by atoms with van der Waals surface area (Å²) in [5, 5.41) is 11.4. The van der Waals surface area contributed by atoms with Gasteiger partial charge in [0.2, 0.25) is 0 Å². The fourth-order valence-corrected chi connectivity index (χ4v) is 3.37. The number of ether oxygens (including phenoxy) is 1. The van der Waals surface area contributed by atoms with Crippen LogP contribution in [0.1, 0.15) is 22.7 Å². The van der Waals surface area contributed by atoms with Crippen molar-refractivity contribution in [3.8, 4) is 5.75 Å². The summed E-state index contributed by atoms with van der Waals surface area (Å²) in [4.78, 5) is 26.2. The van der Waals surface area contributed by atoms with E-state index in [-0.39, 0.29) is 11.3 Å². The number of amides is 1. The number of ketones is 1. The summed E-state index contributed by atoms with van der Waals surface area (Å²) in [6.45, 7) is 1.86. The van der Waals surface area contributed by atoms with Gasteiger partial charge in [-0.25, -0.2) is 0 Å². The van der Waals surface area contributed by atoms with Gasteiger partial charge in [0, 0.05) is 12.1 Å². The highest BCUT2D eigenvalue weighted by Crippen LogP contribution is 2.40. The Hall–Kier alpha value is -2.79. The first-order chi connectivity index (χ1) is 12.3. The van der Waals surface area contributed by atoms with Crippen LogP contribution in [-0.2, 0) is 9.59 Å². The highest BCUT2D eigenvalue weighted by molar-refractivity contribution is 6.46. The number of methoxy groups -OCH3 is 1. The summed E-state index contributed by atoms with van der Waals surface area (Å²) >= 11 is 6.07. The third kappa shape index (κ3) is 2.95. The van der Waals surface area contributed by atoms with Crippen LogP contribution >= 0.6 is 11.6 Å². The van der Waals surface area contributed by atoms with Gasteiger partial charge < -0.3 is 14.7 Å². The monoisotopic (exact) mass is 371 g/mol. The Kier molecular flexibility index (Phi) is 4.74. The summed E-state index contributed by atoms with van der Waals surface area (Å²) in [6, 6.07) is 11.4. The maximum absolute atomic E-state index is 12.6. The molecule has 6 heteroatoms. The van der Waals surface area contributed by atoms with Crippen molar-refractivity contribution in [2.24, 2.45) is 0 Å². The first-order valence-corrected chi connectivity index (χ1v) is 8.38. The molecule has 3 rings (SSSR count). The van der Waals surface area contributed by atoms with Gasteiger partial charge in [-0.2, -0.15) is 0 Å².